The second-order valence-electron chi connectivity index (χ2n) is 7.00. The summed E-state index contributed by atoms with van der Waals surface area (Å²) in [6, 6.07) is 3.25. The Kier molecular flexibility index (Phi) is 4.19. The van der Waals surface area contributed by atoms with Crippen LogP contribution in [0.15, 0.2) is 21.4 Å². The molecule has 7 heteroatoms. The molecule has 0 saturated carbocycles. The maximum atomic E-state index is 12.9. The largest absolute Gasteiger partial charge is 0.439 e. The summed E-state index contributed by atoms with van der Waals surface area (Å²) in [5.41, 5.74) is 0.452. The second kappa shape index (κ2) is 5.76. The van der Waals surface area contributed by atoms with Crippen molar-refractivity contribution in [3.8, 4) is 0 Å². The van der Waals surface area contributed by atoms with Crippen LogP contribution in [0.4, 0.5) is 0 Å². The molecule has 2 heterocycles. The molecular weight excluding hydrogens is 338 g/mol. The van der Waals surface area contributed by atoms with Gasteiger partial charge in [-0.25, -0.2) is 13.4 Å². The summed E-state index contributed by atoms with van der Waals surface area (Å²) in [4.78, 5) is 4.46. The van der Waals surface area contributed by atoms with Gasteiger partial charge in [0, 0.05) is 12.0 Å². The van der Waals surface area contributed by atoms with Crippen molar-refractivity contribution in [2.75, 3.05) is 19.0 Å². The minimum absolute atomic E-state index is 0.00340. The molecule has 1 aromatic carbocycles. The van der Waals surface area contributed by atoms with E-state index in [1.807, 2.05) is 20.8 Å². The van der Waals surface area contributed by atoms with Crippen molar-refractivity contribution in [1.82, 2.24) is 4.98 Å². The smallest absolute Gasteiger partial charge is 0.200 e. The highest BCUT2D eigenvalue weighted by Crippen LogP contribution is 2.35. The SMILES string of the molecule is CC(C)(C)c1nc2ccc(Cl)c(S(=O)(=O)CC3CCOC3)c2o1. The molecule has 0 bridgehead atoms. The number of rotatable bonds is 3. The van der Waals surface area contributed by atoms with Gasteiger partial charge in [0.15, 0.2) is 15.4 Å². The Morgan fingerprint density at radius 1 is 1.35 bits per heavy atom. The number of aromatic nitrogens is 1. The maximum absolute atomic E-state index is 12.9. The molecule has 0 amide bonds. The lowest BCUT2D eigenvalue weighted by Crippen LogP contribution is -2.17. The van der Waals surface area contributed by atoms with E-state index in [0.29, 0.717) is 24.6 Å². The van der Waals surface area contributed by atoms with Crippen molar-refractivity contribution in [1.29, 1.82) is 0 Å². The predicted molar refractivity (Wildman–Crippen MR) is 88.7 cm³/mol. The van der Waals surface area contributed by atoms with Gasteiger partial charge in [-0.2, -0.15) is 0 Å². The van der Waals surface area contributed by atoms with E-state index in [0.717, 1.165) is 6.42 Å². The lowest BCUT2D eigenvalue weighted by molar-refractivity contribution is 0.188. The van der Waals surface area contributed by atoms with Crippen LogP contribution in [0.2, 0.25) is 5.02 Å². The molecular formula is C16H20ClNO4S. The van der Waals surface area contributed by atoms with Crippen LogP contribution in [0.3, 0.4) is 0 Å². The predicted octanol–water partition coefficient (Wildman–Crippen LogP) is 3.59. The number of fused-ring (bicyclic) bond motifs is 1. The first-order valence-electron chi connectivity index (χ1n) is 7.58. The number of ether oxygens (including phenoxy) is 1. The van der Waals surface area contributed by atoms with Gasteiger partial charge in [-0.3, -0.25) is 0 Å². The van der Waals surface area contributed by atoms with Crippen LogP contribution in [0.1, 0.15) is 33.1 Å². The Morgan fingerprint density at radius 2 is 2.09 bits per heavy atom. The van der Waals surface area contributed by atoms with Gasteiger partial charge >= 0.3 is 0 Å². The summed E-state index contributed by atoms with van der Waals surface area (Å²) in [7, 11) is -3.58. The van der Waals surface area contributed by atoms with Crippen LogP contribution in [-0.4, -0.2) is 32.4 Å². The summed E-state index contributed by atoms with van der Waals surface area (Å²) in [5.74, 6) is 0.504. The van der Waals surface area contributed by atoms with E-state index in [4.69, 9.17) is 20.8 Å². The van der Waals surface area contributed by atoms with Crippen LogP contribution < -0.4 is 0 Å². The number of benzene rings is 1. The molecule has 1 fully saturated rings. The standard InChI is InChI=1S/C16H20ClNO4S/c1-16(2,3)15-18-12-5-4-11(17)14(13(12)22-15)23(19,20)9-10-6-7-21-8-10/h4-5,10H,6-9H2,1-3H3. The van der Waals surface area contributed by atoms with Crippen molar-refractivity contribution >= 4 is 32.5 Å². The molecule has 1 atom stereocenters. The first kappa shape index (κ1) is 16.7. The summed E-state index contributed by atoms with van der Waals surface area (Å²) < 4.78 is 36.8. The van der Waals surface area contributed by atoms with Gasteiger partial charge in [-0.05, 0) is 24.5 Å². The molecule has 5 nitrogen and oxygen atoms in total. The van der Waals surface area contributed by atoms with E-state index < -0.39 is 9.84 Å². The maximum Gasteiger partial charge on any atom is 0.200 e. The first-order chi connectivity index (χ1) is 10.7. The third-order valence-electron chi connectivity index (χ3n) is 3.90. The van der Waals surface area contributed by atoms with Crippen molar-refractivity contribution in [2.24, 2.45) is 5.92 Å². The normalized spacial score (nSPS) is 19.6. The Hall–Kier alpha value is -1.11. The number of halogens is 1. The lowest BCUT2D eigenvalue weighted by Gasteiger charge is -2.12. The van der Waals surface area contributed by atoms with Crippen molar-refractivity contribution < 1.29 is 17.6 Å². The zero-order valence-corrected chi connectivity index (χ0v) is 15.0. The van der Waals surface area contributed by atoms with E-state index >= 15 is 0 Å². The summed E-state index contributed by atoms with van der Waals surface area (Å²) in [6.45, 7) is 6.96. The van der Waals surface area contributed by atoms with Crippen LogP contribution in [0.25, 0.3) is 11.1 Å². The van der Waals surface area contributed by atoms with E-state index in [1.165, 1.54) is 0 Å². The molecule has 1 aromatic heterocycles. The van der Waals surface area contributed by atoms with Crippen LogP contribution in [0, 0.1) is 5.92 Å². The fraction of sp³-hybridized carbons (Fsp3) is 0.562. The molecule has 3 rings (SSSR count). The van der Waals surface area contributed by atoms with Crippen LogP contribution in [-0.2, 0) is 20.0 Å². The summed E-state index contributed by atoms with van der Waals surface area (Å²) >= 11 is 6.20. The zero-order valence-electron chi connectivity index (χ0n) is 13.4. The Balaban J connectivity index is 2.11. The fourth-order valence-corrected chi connectivity index (χ4v) is 5.01. The summed E-state index contributed by atoms with van der Waals surface area (Å²) in [6.07, 6.45) is 0.746. The lowest BCUT2D eigenvalue weighted by atomic mass is 9.97. The molecule has 1 aliphatic heterocycles. The number of oxazole rings is 1. The van der Waals surface area contributed by atoms with Gasteiger partial charge in [0.25, 0.3) is 0 Å². The third kappa shape index (κ3) is 3.25. The van der Waals surface area contributed by atoms with Crippen LogP contribution >= 0.6 is 11.6 Å². The van der Waals surface area contributed by atoms with Gasteiger partial charge in [0.2, 0.25) is 5.89 Å². The van der Waals surface area contributed by atoms with Crippen molar-refractivity contribution in [2.45, 2.75) is 37.5 Å². The number of nitrogens with zero attached hydrogens (tertiary/aromatic N) is 1. The minimum atomic E-state index is -3.58. The molecule has 0 radical (unpaired) electrons. The first-order valence-corrected chi connectivity index (χ1v) is 9.61. The van der Waals surface area contributed by atoms with Crippen molar-refractivity contribution in [3.63, 3.8) is 0 Å². The van der Waals surface area contributed by atoms with Gasteiger partial charge in [0.05, 0.1) is 17.4 Å². The minimum Gasteiger partial charge on any atom is -0.439 e. The van der Waals surface area contributed by atoms with Crippen LogP contribution in [0.5, 0.6) is 0 Å². The molecule has 1 aliphatic rings. The Morgan fingerprint density at radius 3 is 2.70 bits per heavy atom. The molecule has 0 spiro atoms. The van der Waals surface area contributed by atoms with Gasteiger partial charge < -0.3 is 9.15 Å². The Labute approximate surface area is 140 Å². The topological polar surface area (TPSA) is 69.4 Å². The molecule has 1 saturated heterocycles. The third-order valence-corrected chi connectivity index (χ3v) is 6.26. The second-order valence-corrected chi connectivity index (χ2v) is 9.38. The molecule has 126 valence electrons. The molecule has 0 aliphatic carbocycles. The van der Waals surface area contributed by atoms with Gasteiger partial charge in [-0.1, -0.05) is 32.4 Å². The van der Waals surface area contributed by atoms with Crippen molar-refractivity contribution in [3.05, 3.63) is 23.0 Å². The summed E-state index contributed by atoms with van der Waals surface area (Å²) in [5, 5.41) is 0.174. The highest BCUT2D eigenvalue weighted by Gasteiger charge is 2.31. The highest BCUT2D eigenvalue weighted by atomic mass is 35.5. The van der Waals surface area contributed by atoms with E-state index in [-0.39, 0.29) is 32.6 Å². The Bertz CT molecular complexity index is 830. The highest BCUT2D eigenvalue weighted by molar-refractivity contribution is 7.91. The van der Waals surface area contributed by atoms with E-state index in [2.05, 4.69) is 4.98 Å². The molecule has 0 N–H and O–H groups in total. The fourth-order valence-electron chi connectivity index (χ4n) is 2.66. The molecule has 23 heavy (non-hydrogen) atoms. The number of sulfone groups is 1. The van der Waals surface area contributed by atoms with Gasteiger partial charge in [-0.15, -0.1) is 0 Å². The van der Waals surface area contributed by atoms with E-state index in [1.54, 1.807) is 12.1 Å². The molecule has 2 aromatic rings. The zero-order chi connectivity index (χ0) is 16.8. The average molecular weight is 358 g/mol. The van der Waals surface area contributed by atoms with Gasteiger partial charge in [0.1, 0.15) is 10.4 Å². The number of hydrogen-bond donors (Lipinski definition) is 0. The molecule has 1 unspecified atom stereocenters. The number of hydrogen-bond acceptors (Lipinski definition) is 5. The monoisotopic (exact) mass is 357 g/mol. The van der Waals surface area contributed by atoms with E-state index in [9.17, 15) is 8.42 Å². The quantitative estimate of drug-likeness (QED) is 0.839. The average Bonchev–Trinajstić information content (AvgIpc) is 3.05.